The van der Waals surface area contributed by atoms with Crippen molar-refractivity contribution in [1.29, 1.82) is 0 Å². The second-order valence-electron chi connectivity index (χ2n) is 7.87. The third kappa shape index (κ3) is 4.37. The van der Waals surface area contributed by atoms with E-state index in [0.717, 1.165) is 11.1 Å². The first-order valence-electron chi connectivity index (χ1n) is 10.6. The summed E-state index contributed by atoms with van der Waals surface area (Å²) in [4.78, 5) is 42.2. The molecule has 1 aliphatic rings. The van der Waals surface area contributed by atoms with E-state index < -0.39 is 0 Å². The van der Waals surface area contributed by atoms with E-state index in [1.54, 1.807) is 42.6 Å². The van der Waals surface area contributed by atoms with Crippen LogP contribution in [0.5, 0.6) is 0 Å². The molecule has 170 valence electrons. The molecule has 0 aliphatic heterocycles. The van der Waals surface area contributed by atoms with Crippen LogP contribution in [0.1, 0.15) is 37.2 Å². The maximum Gasteiger partial charge on any atom is 0.273 e. The van der Waals surface area contributed by atoms with Crippen LogP contribution >= 0.6 is 22.9 Å². The maximum atomic E-state index is 13.1. The van der Waals surface area contributed by atoms with Crippen molar-refractivity contribution >= 4 is 34.8 Å². The molecule has 7 nitrogen and oxygen atoms in total. The van der Waals surface area contributed by atoms with Gasteiger partial charge in [-0.3, -0.25) is 23.9 Å². The van der Waals surface area contributed by atoms with E-state index in [9.17, 15) is 14.4 Å². The molecule has 5 rings (SSSR count). The van der Waals surface area contributed by atoms with Crippen LogP contribution in [-0.2, 0) is 6.42 Å². The number of thiophene rings is 1. The molecule has 34 heavy (non-hydrogen) atoms. The third-order valence-corrected chi connectivity index (χ3v) is 6.99. The van der Waals surface area contributed by atoms with Crippen LogP contribution in [0.15, 0.2) is 84.0 Å². The second-order valence-corrected chi connectivity index (χ2v) is 9.58. The second kappa shape index (κ2) is 9.24. The normalized spacial score (nSPS) is 16.6. The molecule has 2 N–H and O–H groups in total. The van der Waals surface area contributed by atoms with Gasteiger partial charge in [-0.2, -0.15) is 0 Å². The van der Waals surface area contributed by atoms with Gasteiger partial charge in [-0.25, -0.2) is 0 Å². The fourth-order valence-corrected chi connectivity index (χ4v) is 5.09. The van der Waals surface area contributed by atoms with E-state index in [1.807, 2.05) is 24.3 Å². The first-order chi connectivity index (χ1) is 16.5. The van der Waals surface area contributed by atoms with Crippen molar-refractivity contribution in [2.24, 2.45) is 0 Å². The molecule has 2 atom stereocenters. The largest absolute Gasteiger partial charge is 0.346 e. The number of aromatic nitrogens is 2. The van der Waals surface area contributed by atoms with E-state index in [-0.39, 0.29) is 29.5 Å². The Morgan fingerprint density at radius 2 is 1.79 bits per heavy atom. The maximum absolute atomic E-state index is 13.1. The zero-order valence-corrected chi connectivity index (χ0v) is 19.3. The average molecular weight is 491 g/mol. The van der Waals surface area contributed by atoms with Crippen LogP contribution in [0.3, 0.4) is 0 Å². The molecule has 0 spiro atoms. The van der Waals surface area contributed by atoms with Gasteiger partial charge in [0.05, 0.1) is 27.5 Å². The lowest BCUT2D eigenvalue weighted by molar-refractivity contribution is 0.0890. The molecule has 0 saturated carbocycles. The van der Waals surface area contributed by atoms with E-state index >= 15 is 0 Å². The summed E-state index contributed by atoms with van der Waals surface area (Å²) in [6.45, 7) is 0. The summed E-state index contributed by atoms with van der Waals surface area (Å²) in [6.07, 6.45) is 4.94. The highest BCUT2D eigenvalue weighted by Gasteiger charge is 2.35. The summed E-state index contributed by atoms with van der Waals surface area (Å²) in [7, 11) is 0. The summed E-state index contributed by atoms with van der Waals surface area (Å²) in [6, 6.07) is 17.3. The first kappa shape index (κ1) is 22.1. The Balaban J connectivity index is 1.36. The predicted octanol–water partition coefficient (Wildman–Crippen LogP) is 3.77. The van der Waals surface area contributed by atoms with Gasteiger partial charge in [-0.1, -0.05) is 35.9 Å². The van der Waals surface area contributed by atoms with Crippen molar-refractivity contribution in [1.82, 2.24) is 20.2 Å². The van der Waals surface area contributed by atoms with Gasteiger partial charge in [0.25, 0.3) is 17.4 Å². The van der Waals surface area contributed by atoms with Crippen molar-refractivity contribution in [3.8, 4) is 5.69 Å². The molecule has 0 saturated heterocycles. The standard InChI is InChI=1S/C25H19ClN4O3S/c26-21-10-9-20(34-21)25(33)28-19-13-16-3-1-2-4-18(16)23(19)29-24(32)15-5-7-17(8-6-15)30-12-11-27-14-22(30)31/h1-12,14,19,23H,13H2,(H,28,33)(H,29,32)/t19-,23+/m1/s1. The number of carbonyl (C=O) groups excluding carboxylic acids is 2. The van der Waals surface area contributed by atoms with E-state index in [1.165, 1.54) is 28.3 Å². The lowest BCUT2D eigenvalue weighted by Crippen LogP contribution is -2.44. The highest BCUT2D eigenvalue weighted by atomic mass is 35.5. The Hall–Kier alpha value is -3.75. The molecule has 2 amide bonds. The van der Waals surface area contributed by atoms with Gasteiger partial charge in [-0.05, 0) is 53.9 Å². The van der Waals surface area contributed by atoms with Crippen LogP contribution in [0, 0.1) is 0 Å². The van der Waals surface area contributed by atoms with Crippen molar-refractivity contribution < 1.29 is 9.59 Å². The van der Waals surface area contributed by atoms with Gasteiger partial charge >= 0.3 is 0 Å². The fourth-order valence-electron chi connectivity index (χ4n) is 4.14. The van der Waals surface area contributed by atoms with E-state index in [2.05, 4.69) is 15.6 Å². The Morgan fingerprint density at radius 3 is 2.53 bits per heavy atom. The Labute approximate surface area is 204 Å². The number of halogens is 1. The minimum absolute atomic E-state index is 0.221. The summed E-state index contributed by atoms with van der Waals surface area (Å²) in [5, 5.41) is 6.13. The first-order valence-corrected chi connectivity index (χ1v) is 11.8. The van der Waals surface area contributed by atoms with Gasteiger partial charge < -0.3 is 10.6 Å². The minimum atomic E-state index is -0.384. The van der Waals surface area contributed by atoms with Crippen molar-refractivity contribution in [3.63, 3.8) is 0 Å². The Bertz CT molecular complexity index is 1430. The number of hydrogen-bond acceptors (Lipinski definition) is 5. The number of nitrogens with zero attached hydrogens (tertiary/aromatic N) is 2. The van der Waals surface area contributed by atoms with Crippen LogP contribution in [0.25, 0.3) is 5.69 Å². The smallest absolute Gasteiger partial charge is 0.273 e. The van der Waals surface area contributed by atoms with E-state index in [0.29, 0.717) is 26.9 Å². The van der Waals surface area contributed by atoms with Crippen LogP contribution < -0.4 is 16.2 Å². The van der Waals surface area contributed by atoms with Gasteiger partial charge in [0.15, 0.2) is 0 Å². The van der Waals surface area contributed by atoms with Crippen LogP contribution in [-0.4, -0.2) is 27.4 Å². The molecule has 0 radical (unpaired) electrons. The summed E-state index contributed by atoms with van der Waals surface area (Å²) in [5.74, 6) is -0.491. The number of fused-ring (bicyclic) bond motifs is 1. The van der Waals surface area contributed by atoms with Crippen LogP contribution in [0.2, 0.25) is 4.34 Å². The molecule has 9 heteroatoms. The zero-order chi connectivity index (χ0) is 23.7. The Morgan fingerprint density at radius 1 is 1.00 bits per heavy atom. The molecule has 4 aromatic rings. The SMILES string of the molecule is O=C(N[C@H]1c2ccccc2C[C@H]1NC(=O)c1ccc(Cl)s1)c1ccc(-n2ccncc2=O)cc1. The Kier molecular flexibility index (Phi) is 6.00. The molecular weight excluding hydrogens is 472 g/mol. The molecule has 0 bridgehead atoms. The van der Waals surface area contributed by atoms with Crippen molar-refractivity contribution in [2.75, 3.05) is 0 Å². The highest BCUT2D eigenvalue weighted by Crippen LogP contribution is 2.32. The van der Waals surface area contributed by atoms with Gasteiger partial charge in [-0.15, -0.1) is 11.3 Å². The molecule has 2 aromatic heterocycles. The summed E-state index contributed by atoms with van der Waals surface area (Å²) in [5.41, 5.74) is 2.88. The van der Waals surface area contributed by atoms with Crippen molar-refractivity contribution in [3.05, 3.63) is 116 Å². The lowest BCUT2D eigenvalue weighted by Gasteiger charge is -2.23. The molecule has 1 aliphatic carbocycles. The number of benzene rings is 2. The molecule has 0 fully saturated rings. The molecule has 2 heterocycles. The quantitative estimate of drug-likeness (QED) is 0.445. The van der Waals surface area contributed by atoms with Crippen LogP contribution in [0.4, 0.5) is 0 Å². The van der Waals surface area contributed by atoms with Crippen molar-refractivity contribution in [2.45, 2.75) is 18.5 Å². The highest BCUT2D eigenvalue weighted by molar-refractivity contribution is 7.18. The third-order valence-electron chi connectivity index (χ3n) is 5.76. The number of carbonyl (C=O) groups is 2. The van der Waals surface area contributed by atoms with Gasteiger partial charge in [0.2, 0.25) is 0 Å². The summed E-state index contributed by atoms with van der Waals surface area (Å²) >= 11 is 7.19. The molecule has 0 unspecified atom stereocenters. The van der Waals surface area contributed by atoms with Gasteiger partial charge in [0, 0.05) is 23.6 Å². The molecule has 2 aromatic carbocycles. The average Bonchev–Trinajstić information content (AvgIpc) is 3.43. The fraction of sp³-hybridized carbons (Fsp3) is 0.120. The lowest BCUT2D eigenvalue weighted by atomic mass is 10.1. The minimum Gasteiger partial charge on any atom is -0.346 e. The number of rotatable bonds is 5. The number of nitrogens with one attached hydrogen (secondary N) is 2. The summed E-state index contributed by atoms with van der Waals surface area (Å²) < 4.78 is 1.99. The predicted molar refractivity (Wildman–Crippen MR) is 131 cm³/mol. The number of hydrogen-bond donors (Lipinski definition) is 2. The molecular formula is C25H19ClN4O3S. The topological polar surface area (TPSA) is 93.1 Å². The van der Waals surface area contributed by atoms with Gasteiger partial charge in [0.1, 0.15) is 0 Å². The number of amides is 2. The zero-order valence-electron chi connectivity index (χ0n) is 17.8. The monoisotopic (exact) mass is 490 g/mol. The van der Waals surface area contributed by atoms with E-state index in [4.69, 9.17) is 11.6 Å².